The van der Waals surface area contributed by atoms with Crippen LogP contribution < -0.4 is 4.72 Å². The molecule has 0 aliphatic heterocycles. The lowest BCUT2D eigenvalue weighted by Gasteiger charge is -2.19. The Balaban J connectivity index is 1.89. The van der Waals surface area contributed by atoms with Crippen molar-refractivity contribution < 1.29 is 12.8 Å². The number of hydrogen-bond acceptors (Lipinski definition) is 2. The minimum absolute atomic E-state index is 0.0368. The van der Waals surface area contributed by atoms with Gasteiger partial charge in [0.15, 0.2) is 0 Å². The smallest absolute Gasteiger partial charge is 0.207 e. The highest BCUT2D eigenvalue weighted by molar-refractivity contribution is 7.89. The van der Waals surface area contributed by atoms with E-state index in [2.05, 4.69) is 4.72 Å². The van der Waals surface area contributed by atoms with Crippen LogP contribution in [-0.4, -0.2) is 8.42 Å². The molecule has 1 fully saturated rings. The third-order valence-electron chi connectivity index (χ3n) is 3.92. The quantitative estimate of drug-likeness (QED) is 0.916. The Morgan fingerprint density at radius 1 is 1.14 bits per heavy atom. The van der Waals surface area contributed by atoms with Crippen LogP contribution in [0.5, 0.6) is 0 Å². The number of aryl methyl sites for hydroxylation is 1. The number of sulfonamides is 1. The van der Waals surface area contributed by atoms with Crippen molar-refractivity contribution in [2.75, 3.05) is 0 Å². The summed E-state index contributed by atoms with van der Waals surface area (Å²) >= 11 is 0. The fourth-order valence-corrected chi connectivity index (χ4v) is 3.83. The topological polar surface area (TPSA) is 46.2 Å². The molecule has 0 bridgehead atoms. The average Bonchev–Trinajstić information content (AvgIpc) is 3.30. The van der Waals surface area contributed by atoms with Crippen LogP contribution in [0.15, 0.2) is 53.4 Å². The lowest BCUT2D eigenvalue weighted by Crippen LogP contribution is -2.30. The summed E-state index contributed by atoms with van der Waals surface area (Å²) in [6.45, 7) is 1.99. The molecular formula is C17H18FNO2S. The fraction of sp³-hybridized carbons (Fsp3) is 0.294. The van der Waals surface area contributed by atoms with Crippen molar-refractivity contribution in [3.05, 3.63) is 65.5 Å². The zero-order valence-corrected chi connectivity index (χ0v) is 13.1. The molecule has 5 heteroatoms. The van der Waals surface area contributed by atoms with Crippen molar-refractivity contribution >= 4 is 10.0 Å². The first kappa shape index (κ1) is 15.2. The van der Waals surface area contributed by atoms with Crippen LogP contribution in [0.3, 0.4) is 0 Å². The van der Waals surface area contributed by atoms with Crippen LogP contribution in [0.1, 0.15) is 30.0 Å². The Kier molecular flexibility index (Phi) is 4.02. The Morgan fingerprint density at radius 2 is 1.82 bits per heavy atom. The molecule has 1 unspecified atom stereocenters. The van der Waals surface area contributed by atoms with Gasteiger partial charge in [-0.05, 0) is 49.4 Å². The van der Waals surface area contributed by atoms with Gasteiger partial charge in [0.25, 0.3) is 0 Å². The summed E-state index contributed by atoms with van der Waals surface area (Å²) in [5.41, 5.74) is 2.08. The molecule has 0 saturated heterocycles. The van der Waals surface area contributed by atoms with Crippen LogP contribution in [0.25, 0.3) is 0 Å². The Morgan fingerprint density at radius 3 is 2.41 bits per heavy atom. The molecule has 2 aromatic carbocycles. The van der Waals surface area contributed by atoms with Crippen LogP contribution in [0.2, 0.25) is 0 Å². The average molecular weight is 319 g/mol. The van der Waals surface area contributed by atoms with Crippen LogP contribution in [-0.2, 0) is 10.0 Å². The second kappa shape index (κ2) is 5.82. The van der Waals surface area contributed by atoms with Crippen molar-refractivity contribution in [1.29, 1.82) is 0 Å². The van der Waals surface area contributed by atoms with Gasteiger partial charge in [-0.25, -0.2) is 17.5 Å². The largest absolute Gasteiger partial charge is 0.241 e. The summed E-state index contributed by atoms with van der Waals surface area (Å²) in [5.74, 6) is -0.243. The van der Waals surface area contributed by atoms with E-state index in [1.165, 1.54) is 18.2 Å². The van der Waals surface area contributed by atoms with Crippen molar-refractivity contribution in [2.45, 2.75) is 30.7 Å². The van der Waals surface area contributed by atoms with E-state index in [1.807, 2.05) is 31.2 Å². The molecule has 1 saturated carbocycles. The monoisotopic (exact) mass is 319 g/mol. The van der Waals surface area contributed by atoms with Gasteiger partial charge in [0.2, 0.25) is 10.0 Å². The van der Waals surface area contributed by atoms with Gasteiger partial charge in [0.1, 0.15) is 5.82 Å². The summed E-state index contributed by atoms with van der Waals surface area (Å²) in [7, 11) is -3.74. The molecule has 22 heavy (non-hydrogen) atoms. The first-order valence-corrected chi connectivity index (χ1v) is 8.78. The minimum atomic E-state index is -3.74. The zero-order chi connectivity index (χ0) is 15.7. The number of nitrogens with one attached hydrogen (secondary N) is 1. The van der Waals surface area contributed by atoms with E-state index in [9.17, 15) is 12.8 Å². The van der Waals surface area contributed by atoms with Crippen molar-refractivity contribution in [3.63, 3.8) is 0 Å². The molecule has 0 spiro atoms. The van der Waals surface area contributed by atoms with E-state index in [-0.39, 0.29) is 10.9 Å². The Bertz CT molecular complexity index is 768. The first-order chi connectivity index (χ1) is 10.5. The van der Waals surface area contributed by atoms with E-state index in [0.717, 1.165) is 30.0 Å². The van der Waals surface area contributed by atoms with Gasteiger partial charge in [0, 0.05) is 6.04 Å². The Labute approximate surface area is 130 Å². The van der Waals surface area contributed by atoms with Gasteiger partial charge >= 0.3 is 0 Å². The van der Waals surface area contributed by atoms with Crippen LogP contribution in [0.4, 0.5) is 4.39 Å². The Hall–Kier alpha value is -1.72. The molecule has 1 N–H and O–H groups in total. The summed E-state index contributed by atoms with van der Waals surface area (Å²) in [6.07, 6.45) is 2.01. The zero-order valence-electron chi connectivity index (χ0n) is 12.3. The maximum absolute atomic E-state index is 13.3. The van der Waals surface area contributed by atoms with Crippen molar-refractivity contribution in [3.8, 4) is 0 Å². The second-order valence-electron chi connectivity index (χ2n) is 5.80. The summed E-state index contributed by atoms with van der Waals surface area (Å²) in [4.78, 5) is -0.0368. The van der Waals surface area contributed by atoms with Gasteiger partial charge in [-0.3, -0.25) is 0 Å². The molecular weight excluding hydrogens is 301 g/mol. The number of rotatable bonds is 5. The van der Waals surface area contributed by atoms with Crippen molar-refractivity contribution in [1.82, 2.24) is 4.72 Å². The predicted molar refractivity (Wildman–Crippen MR) is 83.4 cm³/mol. The third-order valence-corrected chi connectivity index (χ3v) is 5.36. The maximum atomic E-state index is 13.3. The number of hydrogen-bond donors (Lipinski definition) is 1. The van der Waals surface area contributed by atoms with Gasteiger partial charge in [-0.1, -0.05) is 35.9 Å². The lowest BCUT2D eigenvalue weighted by atomic mass is 10.0. The fourth-order valence-electron chi connectivity index (χ4n) is 2.51. The van der Waals surface area contributed by atoms with E-state index < -0.39 is 15.8 Å². The molecule has 0 radical (unpaired) electrons. The number of benzene rings is 2. The third kappa shape index (κ3) is 3.36. The molecule has 3 nitrogen and oxygen atoms in total. The SMILES string of the molecule is Cc1ccc(C(NS(=O)(=O)c2cccc(F)c2)C2CC2)cc1. The predicted octanol–water partition coefficient (Wildman–Crippen LogP) is 3.56. The minimum Gasteiger partial charge on any atom is -0.207 e. The summed E-state index contributed by atoms with van der Waals surface area (Å²) < 4.78 is 41.0. The van der Waals surface area contributed by atoms with Crippen LogP contribution >= 0.6 is 0 Å². The van der Waals surface area contributed by atoms with E-state index in [0.29, 0.717) is 5.92 Å². The summed E-state index contributed by atoms with van der Waals surface area (Å²) in [5, 5.41) is 0. The van der Waals surface area contributed by atoms with E-state index in [1.54, 1.807) is 0 Å². The highest BCUT2D eigenvalue weighted by Crippen LogP contribution is 2.41. The van der Waals surface area contributed by atoms with Gasteiger partial charge in [0.05, 0.1) is 4.90 Å². The maximum Gasteiger partial charge on any atom is 0.241 e. The molecule has 0 amide bonds. The second-order valence-corrected chi connectivity index (χ2v) is 7.52. The van der Waals surface area contributed by atoms with E-state index >= 15 is 0 Å². The molecule has 3 rings (SSSR count). The molecule has 1 aliphatic rings. The molecule has 0 heterocycles. The van der Waals surface area contributed by atoms with Crippen LogP contribution in [0, 0.1) is 18.7 Å². The molecule has 116 valence electrons. The molecule has 1 aliphatic carbocycles. The van der Waals surface area contributed by atoms with Gasteiger partial charge in [-0.15, -0.1) is 0 Å². The standard InChI is InChI=1S/C17H18FNO2S/c1-12-5-7-13(8-6-12)17(14-9-10-14)19-22(20,21)16-4-2-3-15(18)11-16/h2-8,11,14,17,19H,9-10H2,1H3. The normalized spacial score (nSPS) is 16.5. The van der Waals surface area contributed by atoms with E-state index in [4.69, 9.17) is 0 Å². The molecule has 0 aromatic heterocycles. The first-order valence-electron chi connectivity index (χ1n) is 7.30. The van der Waals surface area contributed by atoms with Gasteiger partial charge in [-0.2, -0.15) is 0 Å². The highest BCUT2D eigenvalue weighted by Gasteiger charge is 2.35. The number of halogens is 1. The lowest BCUT2D eigenvalue weighted by molar-refractivity contribution is 0.527. The molecule has 2 aromatic rings. The molecule has 1 atom stereocenters. The van der Waals surface area contributed by atoms with Gasteiger partial charge < -0.3 is 0 Å². The van der Waals surface area contributed by atoms with Crippen molar-refractivity contribution in [2.24, 2.45) is 5.92 Å². The summed E-state index contributed by atoms with van der Waals surface area (Å²) in [6, 6.07) is 12.7. The highest BCUT2D eigenvalue weighted by atomic mass is 32.2.